The van der Waals surface area contributed by atoms with Crippen molar-refractivity contribution >= 4 is 22.4 Å². The van der Waals surface area contributed by atoms with Crippen LogP contribution in [-0.2, 0) is 30.8 Å². The molecule has 9 atom stereocenters. The van der Waals surface area contributed by atoms with E-state index in [1.807, 2.05) is 13.0 Å². The average Bonchev–Trinajstić information content (AvgIpc) is 3.54. The molecule has 3 heterocycles. The van der Waals surface area contributed by atoms with E-state index >= 15 is 0 Å². The van der Waals surface area contributed by atoms with Crippen molar-refractivity contribution in [1.82, 2.24) is 4.98 Å². The second kappa shape index (κ2) is 9.25. The topological polar surface area (TPSA) is 101 Å². The first-order chi connectivity index (χ1) is 21.4. The van der Waals surface area contributed by atoms with Gasteiger partial charge in [0.05, 0.1) is 29.0 Å². The van der Waals surface area contributed by atoms with E-state index in [4.69, 9.17) is 14.2 Å². The molecule has 0 saturated heterocycles. The lowest BCUT2D eigenvalue weighted by molar-refractivity contribution is -0.190. The Balaban J connectivity index is 1.25. The summed E-state index contributed by atoms with van der Waals surface area (Å²) in [7, 11) is 0. The molecule has 7 heteroatoms. The van der Waals surface area contributed by atoms with Gasteiger partial charge in [-0.25, -0.2) is 0 Å². The van der Waals surface area contributed by atoms with E-state index in [2.05, 4.69) is 71.3 Å². The van der Waals surface area contributed by atoms with Gasteiger partial charge in [0.1, 0.15) is 6.10 Å². The number of hydrogen-bond donors (Lipinski definition) is 3. The second-order valence-electron chi connectivity index (χ2n) is 16.8. The lowest BCUT2D eigenvalue weighted by atomic mass is 9.42. The smallest absolute Gasteiger partial charge is 0.303 e. The van der Waals surface area contributed by atoms with E-state index in [0.717, 1.165) is 53.5 Å². The molecule has 2 saturated carbocycles. The number of benzene rings is 1. The molecule has 246 valence electrons. The molecule has 7 nitrogen and oxygen atoms in total. The van der Waals surface area contributed by atoms with Crippen molar-refractivity contribution in [2.75, 3.05) is 0 Å². The van der Waals surface area contributed by atoms with E-state index in [-0.39, 0.29) is 23.4 Å². The summed E-state index contributed by atoms with van der Waals surface area (Å²) < 4.78 is 18.8. The highest BCUT2D eigenvalue weighted by Gasteiger charge is 2.70. The number of carbonyl (C=O) groups excluding carboxylic acids is 1. The molecule has 0 radical (unpaired) electrons. The largest absolute Gasteiger partial charge is 0.455 e. The van der Waals surface area contributed by atoms with Gasteiger partial charge in [-0.15, -0.1) is 0 Å². The SMILES string of the molecule is C=C(C)[C@H]1OC2CC[C@@]3(C)[C@@](O)(CCC4Cc5c([nH]c6cc7c(cc56)[C@@H](O)C5C7=CC(C)(C)OC5(C)C)[C@@]43C)C2=C[C@H]1OC(C)=O. The van der Waals surface area contributed by atoms with Crippen LogP contribution in [0, 0.1) is 17.3 Å². The molecule has 1 aromatic carbocycles. The zero-order valence-electron chi connectivity index (χ0n) is 28.5. The van der Waals surface area contributed by atoms with Gasteiger partial charge in [-0.2, -0.15) is 0 Å². The Morgan fingerprint density at radius 2 is 1.83 bits per heavy atom. The monoisotopic (exact) mass is 627 g/mol. The van der Waals surface area contributed by atoms with E-state index in [1.54, 1.807) is 0 Å². The predicted molar refractivity (Wildman–Crippen MR) is 177 cm³/mol. The molecule has 2 fully saturated rings. The third kappa shape index (κ3) is 3.72. The molecule has 3 unspecified atom stereocenters. The van der Waals surface area contributed by atoms with Gasteiger partial charge in [-0.05, 0) is 130 Å². The minimum atomic E-state index is -1.12. The maximum atomic E-state index is 13.0. The van der Waals surface area contributed by atoms with Crippen LogP contribution >= 0.6 is 0 Å². The Bertz CT molecular complexity index is 1780. The summed E-state index contributed by atoms with van der Waals surface area (Å²) in [4.78, 5) is 16.0. The van der Waals surface area contributed by atoms with Crippen LogP contribution in [0.1, 0.15) is 110 Å². The molecule has 0 bridgehead atoms. The number of aliphatic hydroxyl groups is 2. The molecule has 0 amide bonds. The number of nitrogens with one attached hydrogen (secondary N) is 1. The van der Waals surface area contributed by atoms with Crippen molar-refractivity contribution in [2.24, 2.45) is 17.3 Å². The van der Waals surface area contributed by atoms with Crippen molar-refractivity contribution in [3.63, 3.8) is 0 Å². The number of ether oxygens (including phenoxy) is 3. The van der Waals surface area contributed by atoms with Gasteiger partial charge in [0.15, 0.2) is 6.10 Å². The highest BCUT2D eigenvalue weighted by Crippen LogP contribution is 2.69. The first kappa shape index (κ1) is 30.6. The zero-order valence-corrected chi connectivity index (χ0v) is 28.5. The van der Waals surface area contributed by atoms with Crippen LogP contribution in [0.2, 0.25) is 0 Å². The third-order valence-electron chi connectivity index (χ3n) is 13.3. The summed E-state index contributed by atoms with van der Waals surface area (Å²) in [6.07, 6.45) is 6.31. The van der Waals surface area contributed by atoms with Crippen LogP contribution in [0.25, 0.3) is 16.5 Å². The van der Waals surface area contributed by atoms with Crippen LogP contribution in [0.15, 0.2) is 42.0 Å². The first-order valence-electron chi connectivity index (χ1n) is 17.1. The van der Waals surface area contributed by atoms with Gasteiger partial charge < -0.3 is 29.4 Å². The van der Waals surface area contributed by atoms with E-state index in [0.29, 0.717) is 12.3 Å². The number of aromatic amines is 1. The second-order valence-corrected chi connectivity index (χ2v) is 16.8. The number of fused-ring (bicyclic) bond motifs is 12. The van der Waals surface area contributed by atoms with Gasteiger partial charge in [0.2, 0.25) is 0 Å². The molecule has 4 aliphatic carbocycles. The minimum Gasteiger partial charge on any atom is -0.455 e. The van der Waals surface area contributed by atoms with E-state index in [1.165, 1.54) is 29.1 Å². The molecular weight excluding hydrogens is 578 g/mol. The minimum absolute atomic E-state index is 0.120. The summed E-state index contributed by atoms with van der Waals surface area (Å²) >= 11 is 0. The Morgan fingerprint density at radius 3 is 2.52 bits per heavy atom. The number of hydrogen-bond acceptors (Lipinski definition) is 6. The summed E-state index contributed by atoms with van der Waals surface area (Å²) in [5.41, 5.74) is 5.70. The molecule has 6 aliphatic rings. The highest BCUT2D eigenvalue weighted by atomic mass is 16.6. The maximum absolute atomic E-state index is 13.0. The molecule has 2 aromatic rings. The fourth-order valence-corrected chi connectivity index (χ4v) is 11.3. The molecule has 8 rings (SSSR count). The Hall–Kier alpha value is -2.71. The van der Waals surface area contributed by atoms with Gasteiger partial charge in [0, 0.05) is 40.3 Å². The van der Waals surface area contributed by atoms with Crippen LogP contribution in [0.5, 0.6) is 0 Å². The quantitative estimate of drug-likeness (QED) is 0.251. The van der Waals surface area contributed by atoms with Crippen molar-refractivity contribution in [2.45, 2.75) is 134 Å². The summed E-state index contributed by atoms with van der Waals surface area (Å²) in [6.45, 7) is 20.4. The van der Waals surface area contributed by atoms with Crippen LogP contribution in [0.4, 0.5) is 0 Å². The normalized spacial score (nSPS) is 41.3. The predicted octanol–water partition coefficient (Wildman–Crippen LogP) is 6.76. The van der Waals surface area contributed by atoms with Crippen molar-refractivity contribution < 1.29 is 29.2 Å². The Labute approximate surface area is 272 Å². The summed E-state index contributed by atoms with van der Waals surface area (Å²) in [6, 6.07) is 4.49. The van der Waals surface area contributed by atoms with E-state index < -0.39 is 40.5 Å². The standard InChI is InChI=1S/C39H49NO6/c1-19(2)33-30(44-20(3)41)17-27-29(45-33)11-12-37(8)38(9)21(10-13-39(27,37)43)14-25-23-15-24-22(16-28(23)40-34(25)38)26-18-35(4,5)46-36(6,7)31(26)32(24)42/h15-18,21,29-33,40,42-43H,1,10-14H2,2-9H3/t21?,29?,30-,31?,32-,33-,37-,38-,39-/m1/s1. The van der Waals surface area contributed by atoms with Crippen LogP contribution in [0.3, 0.4) is 0 Å². The number of carbonyl (C=O) groups is 1. The molecular formula is C39H49NO6. The Kier molecular flexibility index (Phi) is 6.16. The van der Waals surface area contributed by atoms with Crippen LogP contribution < -0.4 is 0 Å². The molecule has 2 aliphatic heterocycles. The van der Waals surface area contributed by atoms with Gasteiger partial charge in [-0.1, -0.05) is 20.4 Å². The van der Waals surface area contributed by atoms with Crippen LogP contribution in [-0.4, -0.2) is 56.3 Å². The molecule has 3 N–H and O–H groups in total. The maximum Gasteiger partial charge on any atom is 0.303 e. The van der Waals surface area contributed by atoms with E-state index in [9.17, 15) is 15.0 Å². The molecule has 1 aromatic heterocycles. The fourth-order valence-electron chi connectivity index (χ4n) is 11.3. The average molecular weight is 628 g/mol. The molecule has 46 heavy (non-hydrogen) atoms. The van der Waals surface area contributed by atoms with Crippen molar-refractivity contribution in [3.05, 3.63) is 64.4 Å². The number of rotatable bonds is 2. The number of aromatic nitrogens is 1. The van der Waals surface area contributed by atoms with Gasteiger partial charge in [0.25, 0.3) is 0 Å². The Morgan fingerprint density at radius 1 is 1.09 bits per heavy atom. The summed E-state index contributed by atoms with van der Waals surface area (Å²) in [5, 5.41) is 25.9. The first-order valence-corrected chi connectivity index (χ1v) is 17.1. The zero-order chi connectivity index (χ0) is 32.9. The lowest BCUT2D eigenvalue weighted by Crippen LogP contribution is -2.68. The number of esters is 1. The third-order valence-corrected chi connectivity index (χ3v) is 13.3. The highest BCUT2D eigenvalue weighted by molar-refractivity contribution is 5.93. The number of aliphatic hydroxyl groups excluding tert-OH is 1. The lowest BCUT2D eigenvalue weighted by Gasteiger charge is -2.65. The van der Waals surface area contributed by atoms with Crippen molar-refractivity contribution in [1.29, 1.82) is 0 Å². The van der Waals surface area contributed by atoms with Crippen molar-refractivity contribution in [3.8, 4) is 0 Å². The van der Waals surface area contributed by atoms with Gasteiger partial charge >= 0.3 is 5.97 Å². The summed E-state index contributed by atoms with van der Waals surface area (Å²) in [5.74, 6) is -0.124. The van der Waals surface area contributed by atoms with Gasteiger partial charge in [-0.3, -0.25) is 4.79 Å². The molecule has 0 spiro atoms. The fraction of sp³-hybridized carbons (Fsp3) is 0.615. The number of H-pyrrole nitrogens is 1.